The van der Waals surface area contributed by atoms with Gasteiger partial charge in [0.2, 0.25) is 0 Å². The quantitative estimate of drug-likeness (QED) is 0.785. The van der Waals surface area contributed by atoms with Gasteiger partial charge in [0, 0.05) is 35.9 Å². The molecule has 3 nitrogen and oxygen atoms in total. The third-order valence-corrected chi connectivity index (χ3v) is 4.23. The molecule has 1 aliphatic heterocycles. The summed E-state index contributed by atoms with van der Waals surface area (Å²) >= 11 is 9.50. The maximum atomic E-state index is 12.6. The Morgan fingerprint density at radius 1 is 1.35 bits per heavy atom. The first-order valence-corrected chi connectivity index (χ1v) is 7.49. The van der Waals surface area contributed by atoms with Gasteiger partial charge in [-0.1, -0.05) is 33.6 Å². The first kappa shape index (κ1) is 13.6. The molecule has 1 aromatic carbocycles. The summed E-state index contributed by atoms with van der Waals surface area (Å²) in [5.41, 5.74) is 2.73. The van der Waals surface area contributed by atoms with Crippen LogP contribution in [0.25, 0.3) is 0 Å². The summed E-state index contributed by atoms with van der Waals surface area (Å²) in [5.74, 6) is -0.0363. The fourth-order valence-corrected chi connectivity index (χ4v) is 2.93. The zero-order chi connectivity index (χ0) is 14.1. The van der Waals surface area contributed by atoms with Crippen molar-refractivity contribution in [1.82, 2.24) is 9.88 Å². The summed E-state index contributed by atoms with van der Waals surface area (Å²) in [6, 6.07) is 9.25. The second-order valence-corrected chi connectivity index (χ2v) is 6.03. The van der Waals surface area contributed by atoms with E-state index in [1.54, 1.807) is 18.3 Å². The lowest BCUT2D eigenvalue weighted by molar-refractivity contribution is 0.0733. The van der Waals surface area contributed by atoms with E-state index in [0.717, 1.165) is 22.2 Å². The molecule has 0 spiro atoms. The molecule has 2 aromatic rings. The lowest BCUT2D eigenvalue weighted by Gasteiger charge is -2.28. The van der Waals surface area contributed by atoms with Crippen LogP contribution in [0.4, 0.5) is 0 Å². The number of hydrogen-bond donors (Lipinski definition) is 0. The average Bonchev–Trinajstić information content (AvgIpc) is 2.48. The molecule has 0 aliphatic carbocycles. The number of nitrogens with zero attached hydrogens (tertiary/aromatic N) is 2. The highest BCUT2D eigenvalue weighted by Gasteiger charge is 2.23. The molecular weight excluding hydrogens is 340 g/mol. The number of fused-ring (bicyclic) bond motifs is 1. The molecule has 0 N–H and O–H groups in total. The minimum atomic E-state index is -0.0363. The van der Waals surface area contributed by atoms with Crippen LogP contribution < -0.4 is 0 Å². The molecule has 2 heterocycles. The van der Waals surface area contributed by atoms with Gasteiger partial charge in [0.1, 0.15) is 0 Å². The van der Waals surface area contributed by atoms with E-state index in [2.05, 4.69) is 20.9 Å². The fraction of sp³-hybridized carbons (Fsp3) is 0.200. The van der Waals surface area contributed by atoms with Gasteiger partial charge < -0.3 is 4.90 Å². The molecule has 0 atom stereocenters. The Kier molecular flexibility index (Phi) is 3.76. The van der Waals surface area contributed by atoms with Gasteiger partial charge in [-0.05, 0) is 29.8 Å². The van der Waals surface area contributed by atoms with Crippen molar-refractivity contribution in [1.29, 1.82) is 0 Å². The van der Waals surface area contributed by atoms with Crippen LogP contribution in [0.15, 0.2) is 41.0 Å². The van der Waals surface area contributed by atoms with E-state index in [9.17, 15) is 4.79 Å². The van der Waals surface area contributed by atoms with Crippen molar-refractivity contribution in [2.24, 2.45) is 0 Å². The molecule has 3 rings (SSSR count). The molecule has 0 fully saturated rings. The first-order valence-electron chi connectivity index (χ1n) is 6.32. The van der Waals surface area contributed by atoms with Gasteiger partial charge in [0.15, 0.2) is 0 Å². The molecule has 0 bridgehead atoms. The Morgan fingerprint density at radius 2 is 2.20 bits per heavy atom. The van der Waals surface area contributed by atoms with Crippen LogP contribution in [0, 0.1) is 0 Å². The van der Waals surface area contributed by atoms with E-state index in [4.69, 9.17) is 11.6 Å². The lowest BCUT2D eigenvalue weighted by atomic mass is 10.0. The van der Waals surface area contributed by atoms with E-state index in [1.165, 1.54) is 0 Å². The van der Waals surface area contributed by atoms with E-state index in [1.807, 2.05) is 23.1 Å². The molecule has 1 aromatic heterocycles. The number of aromatic nitrogens is 1. The van der Waals surface area contributed by atoms with Gasteiger partial charge in [-0.25, -0.2) is 0 Å². The summed E-state index contributed by atoms with van der Waals surface area (Å²) in [7, 11) is 0. The van der Waals surface area contributed by atoms with Gasteiger partial charge in [-0.15, -0.1) is 0 Å². The molecule has 0 radical (unpaired) electrons. The van der Waals surface area contributed by atoms with Crippen LogP contribution >= 0.6 is 27.5 Å². The van der Waals surface area contributed by atoms with Gasteiger partial charge in [0.25, 0.3) is 5.91 Å². The van der Waals surface area contributed by atoms with E-state index >= 15 is 0 Å². The molecule has 5 heteroatoms. The van der Waals surface area contributed by atoms with Crippen molar-refractivity contribution in [3.05, 3.63) is 62.8 Å². The van der Waals surface area contributed by atoms with Crippen LogP contribution in [-0.4, -0.2) is 22.3 Å². The highest BCUT2D eigenvalue weighted by Crippen LogP contribution is 2.25. The zero-order valence-electron chi connectivity index (χ0n) is 10.6. The molecule has 1 amide bonds. The van der Waals surface area contributed by atoms with Crippen LogP contribution in [0.3, 0.4) is 0 Å². The lowest BCUT2D eigenvalue weighted by Crippen LogP contribution is -2.36. The second kappa shape index (κ2) is 5.54. The van der Waals surface area contributed by atoms with Crippen molar-refractivity contribution >= 4 is 33.4 Å². The Balaban J connectivity index is 1.88. The summed E-state index contributed by atoms with van der Waals surface area (Å²) < 4.78 is 0.851. The van der Waals surface area contributed by atoms with Crippen LogP contribution in [0.5, 0.6) is 0 Å². The highest BCUT2D eigenvalue weighted by molar-refractivity contribution is 9.10. The summed E-state index contributed by atoms with van der Waals surface area (Å²) in [5, 5.41) is 0.482. The summed E-state index contributed by atoms with van der Waals surface area (Å²) in [4.78, 5) is 18.7. The van der Waals surface area contributed by atoms with Crippen molar-refractivity contribution in [3.8, 4) is 0 Å². The molecular formula is C15H12BrClN2O. The number of pyridine rings is 1. The van der Waals surface area contributed by atoms with Gasteiger partial charge >= 0.3 is 0 Å². The first-order chi connectivity index (χ1) is 9.65. The molecule has 0 saturated carbocycles. The van der Waals surface area contributed by atoms with E-state index < -0.39 is 0 Å². The third-order valence-electron chi connectivity index (χ3n) is 3.41. The predicted octanol–water partition coefficient (Wildman–Crippen LogP) is 3.70. The monoisotopic (exact) mass is 350 g/mol. The molecule has 0 unspecified atom stereocenters. The SMILES string of the molecule is O=C(c1cc(Br)ccc1Cl)N1CCc2ncccc2C1. The van der Waals surface area contributed by atoms with Gasteiger partial charge in [0.05, 0.1) is 10.6 Å². The Bertz CT molecular complexity index is 675. The van der Waals surface area contributed by atoms with E-state index in [0.29, 0.717) is 23.7 Å². The Morgan fingerprint density at radius 3 is 3.05 bits per heavy atom. The number of carbonyl (C=O) groups excluding carboxylic acids is 1. The average molecular weight is 352 g/mol. The molecule has 20 heavy (non-hydrogen) atoms. The van der Waals surface area contributed by atoms with Crippen LogP contribution in [0.1, 0.15) is 21.6 Å². The van der Waals surface area contributed by atoms with Crippen molar-refractivity contribution in [2.45, 2.75) is 13.0 Å². The molecule has 102 valence electrons. The second-order valence-electron chi connectivity index (χ2n) is 4.71. The normalized spacial score (nSPS) is 14.0. The van der Waals surface area contributed by atoms with E-state index in [-0.39, 0.29) is 5.91 Å². The smallest absolute Gasteiger partial charge is 0.255 e. The zero-order valence-corrected chi connectivity index (χ0v) is 13.0. The Labute approximate surface area is 130 Å². The number of benzene rings is 1. The largest absolute Gasteiger partial charge is 0.334 e. The van der Waals surface area contributed by atoms with Gasteiger partial charge in [-0.2, -0.15) is 0 Å². The maximum Gasteiger partial charge on any atom is 0.255 e. The minimum absolute atomic E-state index is 0.0363. The number of halogens is 2. The summed E-state index contributed by atoms with van der Waals surface area (Å²) in [6.45, 7) is 1.26. The summed E-state index contributed by atoms with van der Waals surface area (Å²) in [6.07, 6.45) is 2.58. The van der Waals surface area contributed by atoms with Crippen molar-refractivity contribution < 1.29 is 4.79 Å². The van der Waals surface area contributed by atoms with Gasteiger partial charge in [-0.3, -0.25) is 9.78 Å². The number of amides is 1. The fourth-order valence-electron chi connectivity index (χ4n) is 2.37. The predicted molar refractivity (Wildman–Crippen MR) is 81.8 cm³/mol. The topological polar surface area (TPSA) is 33.2 Å². The van der Waals surface area contributed by atoms with Crippen molar-refractivity contribution in [3.63, 3.8) is 0 Å². The van der Waals surface area contributed by atoms with Crippen LogP contribution in [-0.2, 0) is 13.0 Å². The number of rotatable bonds is 1. The third kappa shape index (κ3) is 2.58. The van der Waals surface area contributed by atoms with Crippen LogP contribution in [0.2, 0.25) is 5.02 Å². The highest BCUT2D eigenvalue weighted by atomic mass is 79.9. The standard InChI is InChI=1S/C15H12BrClN2O/c16-11-3-4-13(17)12(8-11)15(20)19-7-5-14-10(9-19)2-1-6-18-14/h1-4,6,8H,5,7,9H2. The Hall–Kier alpha value is -1.39. The molecule has 1 aliphatic rings. The maximum absolute atomic E-state index is 12.6. The molecule has 0 saturated heterocycles. The number of hydrogen-bond acceptors (Lipinski definition) is 2. The van der Waals surface area contributed by atoms with Crippen molar-refractivity contribution in [2.75, 3.05) is 6.54 Å². The number of carbonyl (C=O) groups is 1. The minimum Gasteiger partial charge on any atom is -0.334 e.